The first-order valence-electron chi connectivity index (χ1n) is 8.20. The van der Waals surface area contributed by atoms with E-state index in [-0.39, 0.29) is 18.0 Å². The molecule has 1 aromatic heterocycles. The molecule has 2 saturated heterocycles. The number of hydrogen-bond acceptors (Lipinski definition) is 4. The molecule has 3 amide bonds. The van der Waals surface area contributed by atoms with Gasteiger partial charge < -0.3 is 15.5 Å². The van der Waals surface area contributed by atoms with Crippen molar-refractivity contribution in [3.8, 4) is 0 Å². The molecule has 2 aliphatic rings. The molecule has 124 valence electrons. The van der Waals surface area contributed by atoms with Crippen LogP contribution in [0.25, 0.3) is 0 Å². The maximum atomic E-state index is 12.7. The van der Waals surface area contributed by atoms with Crippen molar-refractivity contribution in [2.24, 2.45) is 0 Å². The van der Waals surface area contributed by atoms with Gasteiger partial charge in [0.15, 0.2) is 0 Å². The fourth-order valence-electron chi connectivity index (χ4n) is 3.20. The Kier molecular flexibility index (Phi) is 5.07. The fourth-order valence-corrected chi connectivity index (χ4v) is 3.20. The number of carbonyl (C=O) groups is 2. The van der Waals surface area contributed by atoms with E-state index in [1.165, 1.54) is 0 Å². The number of likely N-dealkylation sites (tertiary alicyclic amines) is 1. The summed E-state index contributed by atoms with van der Waals surface area (Å²) in [5.41, 5.74) is 0.922. The maximum absolute atomic E-state index is 12.7. The third-order valence-electron chi connectivity index (χ3n) is 4.38. The Balaban J connectivity index is 1.60. The van der Waals surface area contributed by atoms with E-state index >= 15 is 0 Å². The van der Waals surface area contributed by atoms with Gasteiger partial charge in [0.1, 0.15) is 6.04 Å². The predicted molar refractivity (Wildman–Crippen MR) is 85.8 cm³/mol. The number of pyridine rings is 1. The van der Waals surface area contributed by atoms with Crippen LogP contribution in [0.5, 0.6) is 0 Å². The Morgan fingerprint density at radius 3 is 2.83 bits per heavy atom. The lowest BCUT2D eigenvalue weighted by Crippen LogP contribution is -2.42. The van der Waals surface area contributed by atoms with Gasteiger partial charge in [-0.05, 0) is 37.6 Å². The summed E-state index contributed by atoms with van der Waals surface area (Å²) in [5, 5.41) is 5.73. The Morgan fingerprint density at radius 2 is 2.17 bits per heavy atom. The smallest absolute Gasteiger partial charge is 0.317 e. The summed E-state index contributed by atoms with van der Waals surface area (Å²) < 4.78 is 0. The third-order valence-corrected chi connectivity index (χ3v) is 4.38. The Hall–Kier alpha value is -2.15. The molecule has 0 bridgehead atoms. The summed E-state index contributed by atoms with van der Waals surface area (Å²) in [6.45, 7) is 4.25. The zero-order valence-corrected chi connectivity index (χ0v) is 13.2. The summed E-state index contributed by atoms with van der Waals surface area (Å²) in [6, 6.07) is 3.46. The number of rotatable bonds is 6. The van der Waals surface area contributed by atoms with Crippen molar-refractivity contribution in [2.45, 2.75) is 18.9 Å². The number of nitrogens with zero attached hydrogens (tertiary/aromatic N) is 3. The van der Waals surface area contributed by atoms with E-state index in [0.717, 1.165) is 31.5 Å². The van der Waals surface area contributed by atoms with Gasteiger partial charge in [0, 0.05) is 38.6 Å². The van der Waals surface area contributed by atoms with Crippen molar-refractivity contribution in [2.75, 3.05) is 39.3 Å². The first-order chi connectivity index (χ1) is 11.3. The quantitative estimate of drug-likeness (QED) is 0.794. The lowest BCUT2D eigenvalue weighted by Gasteiger charge is -2.27. The molecule has 0 aliphatic carbocycles. The van der Waals surface area contributed by atoms with Crippen molar-refractivity contribution < 1.29 is 9.59 Å². The highest BCUT2D eigenvalue weighted by atomic mass is 16.2. The standard InChI is InChI=1S/C16H23N5O2/c22-15(18-6-10-21-11-7-19-16(21)23)14(20-8-1-2-9-20)13-4-3-5-17-12-13/h3-5,12,14H,1-2,6-11H2,(H,18,22)(H,19,23)/t14-/m1/s1. The average Bonchev–Trinajstić information content (AvgIpc) is 3.21. The lowest BCUT2D eigenvalue weighted by atomic mass is 10.1. The van der Waals surface area contributed by atoms with Crippen LogP contribution < -0.4 is 10.6 Å². The summed E-state index contributed by atoms with van der Waals surface area (Å²) in [4.78, 5) is 32.3. The zero-order chi connectivity index (χ0) is 16.1. The van der Waals surface area contributed by atoms with Crippen molar-refractivity contribution >= 4 is 11.9 Å². The normalized spacial score (nSPS) is 19.7. The fraction of sp³-hybridized carbons (Fsp3) is 0.562. The van der Waals surface area contributed by atoms with Crippen LogP contribution in [0.2, 0.25) is 0 Å². The van der Waals surface area contributed by atoms with Crippen LogP contribution in [0, 0.1) is 0 Å². The van der Waals surface area contributed by atoms with E-state index in [1.54, 1.807) is 17.3 Å². The van der Waals surface area contributed by atoms with Gasteiger partial charge in [-0.1, -0.05) is 6.07 Å². The van der Waals surface area contributed by atoms with Gasteiger partial charge in [0.2, 0.25) is 5.91 Å². The van der Waals surface area contributed by atoms with Crippen LogP contribution in [0.3, 0.4) is 0 Å². The average molecular weight is 317 g/mol. The number of urea groups is 1. The van der Waals surface area contributed by atoms with Crippen LogP contribution in [0.4, 0.5) is 4.79 Å². The SMILES string of the molecule is O=C(NCCN1CCNC1=O)[C@@H](c1cccnc1)N1CCCC1. The molecule has 23 heavy (non-hydrogen) atoms. The van der Waals surface area contributed by atoms with E-state index in [0.29, 0.717) is 26.2 Å². The number of aromatic nitrogens is 1. The van der Waals surface area contributed by atoms with Gasteiger partial charge in [-0.3, -0.25) is 14.7 Å². The molecule has 0 radical (unpaired) electrons. The molecule has 0 unspecified atom stereocenters. The van der Waals surface area contributed by atoms with Crippen LogP contribution in [-0.2, 0) is 4.79 Å². The minimum Gasteiger partial charge on any atom is -0.353 e. The molecular weight excluding hydrogens is 294 g/mol. The van der Waals surface area contributed by atoms with Gasteiger partial charge in [-0.2, -0.15) is 0 Å². The van der Waals surface area contributed by atoms with E-state index in [1.807, 2.05) is 12.1 Å². The van der Waals surface area contributed by atoms with Crippen molar-refractivity contribution in [3.05, 3.63) is 30.1 Å². The van der Waals surface area contributed by atoms with Gasteiger partial charge >= 0.3 is 6.03 Å². The van der Waals surface area contributed by atoms with E-state index < -0.39 is 0 Å². The zero-order valence-electron chi connectivity index (χ0n) is 13.2. The second-order valence-electron chi connectivity index (χ2n) is 5.94. The maximum Gasteiger partial charge on any atom is 0.317 e. The minimum absolute atomic E-state index is 0.0143. The molecule has 0 saturated carbocycles. The highest BCUT2D eigenvalue weighted by Crippen LogP contribution is 2.24. The molecular formula is C16H23N5O2. The summed E-state index contributed by atoms with van der Waals surface area (Å²) >= 11 is 0. The minimum atomic E-state index is -0.293. The molecule has 7 nitrogen and oxygen atoms in total. The van der Waals surface area contributed by atoms with Crippen molar-refractivity contribution in [1.29, 1.82) is 0 Å². The van der Waals surface area contributed by atoms with Gasteiger partial charge in [-0.15, -0.1) is 0 Å². The molecule has 0 spiro atoms. The summed E-state index contributed by atoms with van der Waals surface area (Å²) in [7, 11) is 0. The molecule has 3 heterocycles. The predicted octanol–water partition coefficient (Wildman–Crippen LogP) is 0.360. The molecule has 0 aromatic carbocycles. The first-order valence-corrected chi connectivity index (χ1v) is 8.20. The topological polar surface area (TPSA) is 77.6 Å². The molecule has 1 atom stereocenters. The number of nitrogens with one attached hydrogen (secondary N) is 2. The molecule has 2 aliphatic heterocycles. The van der Waals surface area contributed by atoms with Crippen molar-refractivity contribution in [3.63, 3.8) is 0 Å². The first kappa shape index (κ1) is 15.7. The van der Waals surface area contributed by atoms with Gasteiger partial charge in [0.05, 0.1) is 0 Å². The Morgan fingerprint density at radius 1 is 1.35 bits per heavy atom. The molecule has 1 aromatic rings. The Bertz CT molecular complexity index is 545. The van der Waals surface area contributed by atoms with Crippen LogP contribution >= 0.6 is 0 Å². The van der Waals surface area contributed by atoms with E-state index in [2.05, 4.69) is 20.5 Å². The van der Waals surface area contributed by atoms with E-state index in [9.17, 15) is 9.59 Å². The largest absolute Gasteiger partial charge is 0.353 e. The third kappa shape index (κ3) is 3.79. The van der Waals surface area contributed by atoms with E-state index in [4.69, 9.17) is 0 Å². The summed E-state index contributed by atoms with van der Waals surface area (Å²) in [6.07, 6.45) is 5.72. The molecule has 2 fully saturated rings. The van der Waals surface area contributed by atoms with Crippen molar-refractivity contribution in [1.82, 2.24) is 25.4 Å². The second-order valence-corrected chi connectivity index (χ2v) is 5.94. The van der Waals surface area contributed by atoms with Crippen LogP contribution in [0.1, 0.15) is 24.4 Å². The van der Waals surface area contributed by atoms with Gasteiger partial charge in [-0.25, -0.2) is 4.79 Å². The summed E-state index contributed by atoms with van der Waals surface area (Å²) in [5.74, 6) is -0.0143. The Labute approximate surface area is 136 Å². The lowest BCUT2D eigenvalue weighted by molar-refractivity contribution is -0.126. The molecule has 3 rings (SSSR count). The second kappa shape index (κ2) is 7.41. The van der Waals surface area contributed by atoms with Crippen LogP contribution in [0.15, 0.2) is 24.5 Å². The molecule has 2 N–H and O–H groups in total. The van der Waals surface area contributed by atoms with Gasteiger partial charge in [0.25, 0.3) is 0 Å². The number of carbonyl (C=O) groups excluding carboxylic acids is 2. The highest BCUT2D eigenvalue weighted by Gasteiger charge is 2.30. The monoisotopic (exact) mass is 317 g/mol. The molecule has 7 heteroatoms. The number of amides is 3. The highest BCUT2D eigenvalue weighted by molar-refractivity contribution is 5.83. The van der Waals surface area contributed by atoms with Crippen LogP contribution in [-0.4, -0.2) is 66.0 Å². The number of hydrogen-bond donors (Lipinski definition) is 2.